The Hall–Kier alpha value is -1.29. The van der Waals surface area contributed by atoms with Gasteiger partial charge in [-0.05, 0) is 23.2 Å². The second kappa shape index (κ2) is 7.48. The molecule has 1 aromatic carbocycles. The molecule has 2 rings (SSSR count). The standard InChI is InChI=1S/C17H21NOS/c1-4-9-14(5-2)17(15-10-7-6-8-11-15)18-12-16(13-18)19-20-3/h4-11,16-17H,1-2,12-13H2,3H3/b14-9+. The van der Waals surface area contributed by atoms with E-state index in [-0.39, 0.29) is 6.04 Å². The van der Waals surface area contributed by atoms with Crippen LogP contribution in [0.2, 0.25) is 0 Å². The zero-order chi connectivity index (χ0) is 14.4. The summed E-state index contributed by atoms with van der Waals surface area (Å²) >= 11 is 1.44. The molecule has 106 valence electrons. The smallest absolute Gasteiger partial charge is 0.0975 e. The van der Waals surface area contributed by atoms with Crippen molar-refractivity contribution in [1.82, 2.24) is 4.90 Å². The Labute approximate surface area is 126 Å². The maximum atomic E-state index is 5.58. The van der Waals surface area contributed by atoms with E-state index in [4.69, 9.17) is 4.18 Å². The summed E-state index contributed by atoms with van der Waals surface area (Å²) in [6, 6.07) is 10.7. The maximum Gasteiger partial charge on any atom is 0.0975 e. The fourth-order valence-corrected chi connectivity index (χ4v) is 2.93. The Bertz CT molecular complexity index is 477. The number of hydrogen-bond donors (Lipinski definition) is 0. The Kier molecular flexibility index (Phi) is 5.65. The first-order valence-corrected chi connectivity index (χ1v) is 7.88. The van der Waals surface area contributed by atoms with Crippen molar-refractivity contribution in [3.63, 3.8) is 0 Å². The predicted molar refractivity (Wildman–Crippen MR) is 87.6 cm³/mol. The molecule has 0 aliphatic carbocycles. The van der Waals surface area contributed by atoms with Crippen LogP contribution in [0.5, 0.6) is 0 Å². The third-order valence-corrected chi connectivity index (χ3v) is 3.92. The predicted octanol–water partition coefficient (Wildman–Crippen LogP) is 4.00. The van der Waals surface area contributed by atoms with Gasteiger partial charge in [0, 0.05) is 19.3 Å². The molecule has 1 aliphatic rings. The molecular formula is C17H21NOS. The third kappa shape index (κ3) is 3.42. The van der Waals surface area contributed by atoms with Gasteiger partial charge in [0.05, 0.1) is 12.1 Å². The number of nitrogens with zero attached hydrogens (tertiary/aromatic N) is 1. The highest BCUT2D eigenvalue weighted by Gasteiger charge is 2.34. The zero-order valence-corrected chi connectivity index (χ0v) is 12.7. The Morgan fingerprint density at radius 2 is 2.05 bits per heavy atom. The largest absolute Gasteiger partial charge is 0.310 e. The number of allylic oxidation sites excluding steroid dienone is 2. The molecule has 0 aromatic heterocycles. The van der Waals surface area contributed by atoms with Crippen LogP contribution in [-0.2, 0) is 4.18 Å². The fourth-order valence-electron chi connectivity index (χ4n) is 2.53. The summed E-state index contributed by atoms with van der Waals surface area (Å²) in [6.07, 6.45) is 8.06. The monoisotopic (exact) mass is 287 g/mol. The lowest BCUT2D eigenvalue weighted by Gasteiger charge is -2.44. The minimum absolute atomic E-state index is 0.230. The number of likely N-dealkylation sites (tertiary alicyclic amines) is 1. The quantitative estimate of drug-likeness (QED) is 0.555. The molecule has 0 radical (unpaired) electrons. The molecule has 1 heterocycles. The van der Waals surface area contributed by atoms with E-state index >= 15 is 0 Å². The van der Waals surface area contributed by atoms with E-state index in [1.54, 1.807) is 0 Å². The van der Waals surface area contributed by atoms with E-state index < -0.39 is 0 Å². The number of rotatable bonds is 7. The Morgan fingerprint density at radius 1 is 1.35 bits per heavy atom. The van der Waals surface area contributed by atoms with Gasteiger partial charge in [0.15, 0.2) is 0 Å². The molecule has 2 nitrogen and oxygen atoms in total. The summed E-state index contributed by atoms with van der Waals surface area (Å²) in [5, 5.41) is 0. The van der Waals surface area contributed by atoms with Crippen LogP contribution in [0.25, 0.3) is 0 Å². The van der Waals surface area contributed by atoms with Crippen LogP contribution in [-0.4, -0.2) is 30.3 Å². The van der Waals surface area contributed by atoms with E-state index in [9.17, 15) is 0 Å². The van der Waals surface area contributed by atoms with Crippen LogP contribution in [0.3, 0.4) is 0 Å². The summed E-state index contributed by atoms with van der Waals surface area (Å²) in [5.74, 6) is 0. The summed E-state index contributed by atoms with van der Waals surface area (Å²) in [7, 11) is 0. The highest BCUT2D eigenvalue weighted by atomic mass is 32.2. The average molecular weight is 287 g/mol. The molecule has 1 atom stereocenters. The van der Waals surface area contributed by atoms with Crippen LogP contribution >= 0.6 is 12.0 Å². The van der Waals surface area contributed by atoms with E-state index in [1.807, 2.05) is 30.6 Å². The van der Waals surface area contributed by atoms with Crippen LogP contribution in [0, 0.1) is 0 Å². The highest BCUT2D eigenvalue weighted by Crippen LogP contribution is 2.34. The third-order valence-electron chi connectivity index (χ3n) is 3.45. The summed E-state index contributed by atoms with van der Waals surface area (Å²) < 4.78 is 5.58. The number of benzene rings is 1. The van der Waals surface area contributed by atoms with Gasteiger partial charge < -0.3 is 4.18 Å². The Balaban J connectivity index is 2.20. The molecule has 3 heteroatoms. The number of hydrogen-bond acceptors (Lipinski definition) is 3. The summed E-state index contributed by atoms with van der Waals surface area (Å²) in [6.45, 7) is 9.64. The zero-order valence-electron chi connectivity index (χ0n) is 11.9. The Morgan fingerprint density at radius 3 is 2.60 bits per heavy atom. The topological polar surface area (TPSA) is 12.5 Å². The van der Waals surface area contributed by atoms with E-state index in [1.165, 1.54) is 23.2 Å². The van der Waals surface area contributed by atoms with Gasteiger partial charge in [-0.15, -0.1) is 0 Å². The van der Waals surface area contributed by atoms with Gasteiger partial charge >= 0.3 is 0 Å². The van der Waals surface area contributed by atoms with Gasteiger partial charge in [-0.2, -0.15) is 0 Å². The van der Waals surface area contributed by atoms with Crippen molar-refractivity contribution in [2.75, 3.05) is 19.3 Å². The van der Waals surface area contributed by atoms with Gasteiger partial charge in [-0.3, -0.25) is 4.90 Å². The minimum atomic E-state index is 0.230. The van der Waals surface area contributed by atoms with Crippen molar-refractivity contribution in [3.8, 4) is 0 Å². The minimum Gasteiger partial charge on any atom is -0.310 e. The van der Waals surface area contributed by atoms with Gasteiger partial charge in [0.2, 0.25) is 0 Å². The van der Waals surface area contributed by atoms with Gasteiger partial charge in [0.25, 0.3) is 0 Å². The molecule has 20 heavy (non-hydrogen) atoms. The van der Waals surface area contributed by atoms with Crippen LogP contribution in [0.1, 0.15) is 11.6 Å². The van der Waals surface area contributed by atoms with Crippen molar-refractivity contribution in [3.05, 3.63) is 72.9 Å². The molecular weight excluding hydrogens is 266 g/mol. The second-order valence-electron chi connectivity index (χ2n) is 4.76. The van der Waals surface area contributed by atoms with Crippen molar-refractivity contribution >= 4 is 12.0 Å². The molecule has 0 amide bonds. The molecule has 0 bridgehead atoms. The highest BCUT2D eigenvalue weighted by molar-refractivity contribution is 7.93. The lowest BCUT2D eigenvalue weighted by Crippen LogP contribution is -2.53. The van der Waals surface area contributed by atoms with Crippen molar-refractivity contribution in [1.29, 1.82) is 0 Å². The van der Waals surface area contributed by atoms with E-state index in [0.29, 0.717) is 6.10 Å². The van der Waals surface area contributed by atoms with Gasteiger partial charge in [-0.1, -0.05) is 61.7 Å². The fraction of sp³-hybridized carbons (Fsp3) is 0.294. The molecule has 1 aromatic rings. The first-order valence-electron chi connectivity index (χ1n) is 6.73. The second-order valence-corrected chi connectivity index (χ2v) is 5.28. The summed E-state index contributed by atoms with van der Waals surface area (Å²) in [5.41, 5.74) is 2.46. The lowest BCUT2D eigenvalue weighted by atomic mass is 9.93. The molecule has 1 fully saturated rings. The van der Waals surface area contributed by atoms with E-state index in [0.717, 1.165) is 13.1 Å². The molecule has 1 saturated heterocycles. The maximum absolute atomic E-state index is 5.58. The molecule has 0 saturated carbocycles. The van der Waals surface area contributed by atoms with Crippen molar-refractivity contribution in [2.45, 2.75) is 12.1 Å². The van der Waals surface area contributed by atoms with E-state index in [2.05, 4.69) is 42.3 Å². The molecule has 1 aliphatic heterocycles. The first-order chi connectivity index (χ1) is 9.80. The van der Waals surface area contributed by atoms with Gasteiger partial charge in [-0.25, -0.2) is 0 Å². The first kappa shape index (κ1) is 15.1. The SMILES string of the molecule is C=C/C=C(\C=C)C(c1ccccc1)N1CC(OSC)C1. The van der Waals surface area contributed by atoms with Crippen LogP contribution in [0.15, 0.2) is 67.3 Å². The van der Waals surface area contributed by atoms with Crippen LogP contribution < -0.4 is 0 Å². The lowest BCUT2D eigenvalue weighted by molar-refractivity contribution is 0.0122. The molecule has 0 spiro atoms. The molecule has 0 N–H and O–H groups in total. The normalized spacial score (nSPS) is 18.4. The summed E-state index contributed by atoms with van der Waals surface area (Å²) in [4.78, 5) is 2.41. The van der Waals surface area contributed by atoms with Gasteiger partial charge in [0.1, 0.15) is 0 Å². The van der Waals surface area contributed by atoms with Crippen molar-refractivity contribution < 1.29 is 4.18 Å². The average Bonchev–Trinajstić information content (AvgIpc) is 2.45. The van der Waals surface area contributed by atoms with Crippen molar-refractivity contribution in [2.24, 2.45) is 0 Å². The van der Waals surface area contributed by atoms with Crippen LogP contribution in [0.4, 0.5) is 0 Å². The molecule has 1 unspecified atom stereocenters.